The van der Waals surface area contributed by atoms with Crippen LogP contribution in [-0.4, -0.2) is 68.6 Å². The number of alkyl halides is 3. The molecule has 4 heterocycles. The van der Waals surface area contributed by atoms with E-state index in [0.29, 0.717) is 29.9 Å². The molecule has 0 spiro atoms. The van der Waals surface area contributed by atoms with Crippen LogP contribution in [0.15, 0.2) is 48.5 Å². The van der Waals surface area contributed by atoms with Crippen LogP contribution in [0.4, 0.5) is 18.0 Å². The number of pyridine rings is 2. The number of hydrogen-bond acceptors (Lipinski definition) is 7. The Morgan fingerprint density at radius 1 is 1.10 bits per heavy atom. The number of amides is 1. The second-order valence-corrected chi connectivity index (χ2v) is 10.4. The van der Waals surface area contributed by atoms with Crippen LogP contribution in [0.1, 0.15) is 38.9 Å². The first-order valence-electron chi connectivity index (χ1n) is 12.5. The van der Waals surface area contributed by atoms with Crippen molar-refractivity contribution >= 4 is 22.6 Å². The topological polar surface area (TPSA) is 93.9 Å². The Hall–Kier alpha value is -3.93. The van der Waals surface area contributed by atoms with Crippen LogP contribution in [0, 0.1) is 0 Å². The van der Waals surface area contributed by atoms with Crippen molar-refractivity contribution in [2.45, 2.75) is 51.1 Å². The zero-order valence-corrected chi connectivity index (χ0v) is 22.0. The highest BCUT2D eigenvalue weighted by atomic mass is 19.4. The van der Waals surface area contributed by atoms with Crippen molar-refractivity contribution in [3.63, 3.8) is 0 Å². The number of nitrogens with zero attached hydrogens (tertiary/aromatic N) is 5. The van der Waals surface area contributed by atoms with Crippen molar-refractivity contribution in [3.05, 3.63) is 54.2 Å². The third-order valence-electron chi connectivity index (χ3n) is 6.49. The molecule has 3 aromatic heterocycles. The van der Waals surface area contributed by atoms with Crippen molar-refractivity contribution in [2.24, 2.45) is 0 Å². The fraction of sp³-hybridized carbons (Fsp3) is 0.407. The van der Waals surface area contributed by atoms with E-state index in [1.165, 1.54) is 23.6 Å². The van der Waals surface area contributed by atoms with Gasteiger partial charge in [-0.15, -0.1) is 10.2 Å². The van der Waals surface area contributed by atoms with Gasteiger partial charge in [-0.05, 0) is 58.0 Å². The number of carbonyl (C=O) groups is 1. The van der Waals surface area contributed by atoms with E-state index >= 15 is 13.2 Å². The number of para-hydroxylation sites is 1. The van der Waals surface area contributed by atoms with Gasteiger partial charge in [-0.3, -0.25) is 9.30 Å². The van der Waals surface area contributed by atoms with Crippen LogP contribution < -0.4 is 10.1 Å². The fourth-order valence-electron chi connectivity index (χ4n) is 4.88. The molecule has 0 radical (unpaired) electrons. The van der Waals surface area contributed by atoms with Gasteiger partial charge in [-0.1, -0.05) is 24.3 Å². The van der Waals surface area contributed by atoms with Crippen molar-refractivity contribution in [1.82, 2.24) is 29.8 Å². The molecule has 0 saturated carbocycles. The average molecular weight is 543 g/mol. The molecular weight excluding hydrogens is 513 g/mol. The standard InChI is InChI=1S/C27H29F3N6O3/c1-26(2,3)39-25(37)35(17-13-14-31-15-17)23(27(28,29)30)19-8-6-10-21-33-34-24(36(19)21)18-12-11-16-7-5-9-20(38-4)22(16)32-18/h5-12,17,23,31H,13-15H2,1-4H3/t17-,23+/m0/s1. The summed E-state index contributed by atoms with van der Waals surface area (Å²) in [6, 6.07) is 10.2. The van der Waals surface area contributed by atoms with Crippen LogP contribution in [-0.2, 0) is 4.74 Å². The van der Waals surface area contributed by atoms with Crippen molar-refractivity contribution < 1.29 is 27.4 Å². The number of carbonyl (C=O) groups excluding carboxylic acids is 1. The van der Waals surface area contributed by atoms with E-state index in [1.807, 2.05) is 12.1 Å². The van der Waals surface area contributed by atoms with Gasteiger partial charge >= 0.3 is 12.3 Å². The van der Waals surface area contributed by atoms with Gasteiger partial charge in [0.05, 0.1) is 12.8 Å². The fourth-order valence-corrected chi connectivity index (χ4v) is 4.88. The summed E-state index contributed by atoms with van der Waals surface area (Å²) in [7, 11) is 1.52. The zero-order chi connectivity index (χ0) is 27.9. The molecule has 1 aliphatic heterocycles. The Morgan fingerprint density at radius 2 is 1.87 bits per heavy atom. The number of benzene rings is 1. The molecule has 1 N–H and O–H groups in total. The van der Waals surface area contributed by atoms with Crippen LogP contribution in [0.3, 0.4) is 0 Å². The quantitative estimate of drug-likeness (QED) is 0.373. The van der Waals surface area contributed by atoms with Gasteiger partial charge in [0.2, 0.25) is 0 Å². The molecule has 5 rings (SSSR count). The zero-order valence-electron chi connectivity index (χ0n) is 22.0. The predicted molar refractivity (Wildman–Crippen MR) is 138 cm³/mol. The number of nitrogens with one attached hydrogen (secondary N) is 1. The Bertz CT molecular complexity index is 1510. The van der Waals surface area contributed by atoms with E-state index in [0.717, 1.165) is 10.3 Å². The monoisotopic (exact) mass is 542 g/mol. The minimum Gasteiger partial charge on any atom is -0.494 e. The second-order valence-electron chi connectivity index (χ2n) is 10.4. The number of methoxy groups -OCH3 is 1. The molecule has 4 aromatic rings. The second kappa shape index (κ2) is 9.99. The molecule has 1 fully saturated rings. The Labute approximate surface area is 222 Å². The molecule has 2 atom stereocenters. The van der Waals surface area contributed by atoms with Gasteiger partial charge in [0, 0.05) is 18.0 Å². The highest BCUT2D eigenvalue weighted by Crippen LogP contribution is 2.41. The lowest BCUT2D eigenvalue weighted by Gasteiger charge is -2.38. The number of rotatable bonds is 5. The van der Waals surface area contributed by atoms with E-state index in [1.54, 1.807) is 45.0 Å². The maximum atomic E-state index is 15.0. The average Bonchev–Trinajstić information content (AvgIpc) is 3.55. The molecule has 0 bridgehead atoms. The number of hydrogen-bond donors (Lipinski definition) is 1. The first-order chi connectivity index (χ1) is 18.5. The third kappa shape index (κ3) is 5.20. The van der Waals surface area contributed by atoms with E-state index in [9.17, 15) is 4.79 Å². The minimum atomic E-state index is -4.84. The maximum absolute atomic E-state index is 15.0. The van der Waals surface area contributed by atoms with Crippen LogP contribution >= 0.6 is 0 Å². The smallest absolute Gasteiger partial charge is 0.414 e. The Kier molecular flexibility index (Phi) is 6.83. The van der Waals surface area contributed by atoms with Crippen LogP contribution in [0.25, 0.3) is 28.1 Å². The minimum absolute atomic E-state index is 0.108. The lowest BCUT2D eigenvalue weighted by molar-refractivity contribution is -0.189. The van der Waals surface area contributed by atoms with E-state index in [2.05, 4.69) is 20.5 Å². The lowest BCUT2D eigenvalue weighted by atomic mass is 10.1. The maximum Gasteiger partial charge on any atom is 0.414 e. The summed E-state index contributed by atoms with van der Waals surface area (Å²) < 4.78 is 57.3. The molecule has 9 nitrogen and oxygen atoms in total. The van der Waals surface area contributed by atoms with Crippen molar-refractivity contribution in [1.29, 1.82) is 0 Å². The van der Waals surface area contributed by atoms with E-state index in [-0.39, 0.29) is 23.7 Å². The van der Waals surface area contributed by atoms with Crippen LogP contribution in [0.5, 0.6) is 5.75 Å². The molecule has 1 saturated heterocycles. The van der Waals surface area contributed by atoms with Crippen molar-refractivity contribution in [2.75, 3.05) is 20.2 Å². The highest BCUT2D eigenvalue weighted by molar-refractivity contribution is 5.86. The summed E-state index contributed by atoms with van der Waals surface area (Å²) in [4.78, 5) is 18.8. The van der Waals surface area contributed by atoms with Gasteiger partial charge in [0.1, 0.15) is 22.6 Å². The SMILES string of the molecule is COc1cccc2ccc(-c3nnc4cccc([C@@H](N(C(=O)OC(C)(C)C)[C@H]5CCNC5)C(F)(F)F)n34)nc12. The largest absolute Gasteiger partial charge is 0.494 e. The third-order valence-corrected chi connectivity index (χ3v) is 6.49. The molecule has 0 unspecified atom stereocenters. The summed E-state index contributed by atoms with van der Waals surface area (Å²) in [5.74, 6) is 0.623. The number of ether oxygens (including phenoxy) is 2. The summed E-state index contributed by atoms with van der Waals surface area (Å²) in [5, 5.41) is 12.2. The first-order valence-corrected chi connectivity index (χ1v) is 12.5. The molecule has 12 heteroatoms. The predicted octanol–water partition coefficient (Wildman–Crippen LogP) is 5.16. The molecule has 0 aliphatic carbocycles. The Morgan fingerprint density at radius 3 is 2.54 bits per heavy atom. The van der Waals surface area contributed by atoms with Gasteiger partial charge in [-0.25, -0.2) is 9.78 Å². The molecule has 39 heavy (non-hydrogen) atoms. The van der Waals surface area contributed by atoms with Gasteiger partial charge in [-0.2, -0.15) is 13.2 Å². The van der Waals surface area contributed by atoms with Gasteiger partial charge in [0.25, 0.3) is 0 Å². The Balaban J connectivity index is 1.71. The van der Waals surface area contributed by atoms with E-state index < -0.39 is 30.0 Å². The van der Waals surface area contributed by atoms with Crippen molar-refractivity contribution in [3.8, 4) is 17.3 Å². The number of halogens is 3. The summed E-state index contributed by atoms with van der Waals surface area (Å²) in [6.45, 7) is 5.56. The van der Waals surface area contributed by atoms with E-state index in [4.69, 9.17) is 9.47 Å². The summed E-state index contributed by atoms with van der Waals surface area (Å²) >= 11 is 0. The van der Waals surface area contributed by atoms with Gasteiger partial charge in [0.15, 0.2) is 17.5 Å². The number of aromatic nitrogens is 4. The molecule has 1 amide bonds. The first kappa shape index (κ1) is 26.7. The molecular formula is C27H29F3N6O3. The van der Waals surface area contributed by atoms with Crippen LogP contribution in [0.2, 0.25) is 0 Å². The molecule has 1 aromatic carbocycles. The lowest BCUT2D eigenvalue weighted by Crippen LogP contribution is -2.51. The number of fused-ring (bicyclic) bond motifs is 2. The highest BCUT2D eigenvalue weighted by Gasteiger charge is 2.51. The summed E-state index contributed by atoms with van der Waals surface area (Å²) in [5.41, 5.74) is -0.183. The molecule has 206 valence electrons. The van der Waals surface area contributed by atoms with Gasteiger partial charge < -0.3 is 14.8 Å². The normalized spacial score (nSPS) is 16.9. The molecule has 1 aliphatic rings. The summed E-state index contributed by atoms with van der Waals surface area (Å²) in [6.07, 6.45) is -5.53.